The second-order valence-corrected chi connectivity index (χ2v) is 4.77. The number of nitrogens with two attached hydrogens (primary N) is 1. The van der Waals surface area contributed by atoms with Gasteiger partial charge in [-0.15, -0.1) is 0 Å². The Morgan fingerprint density at radius 1 is 1.50 bits per heavy atom. The summed E-state index contributed by atoms with van der Waals surface area (Å²) < 4.78 is 10.8. The van der Waals surface area contributed by atoms with Crippen LogP contribution in [0.4, 0.5) is 0 Å². The highest BCUT2D eigenvalue weighted by atomic mass is 16.5. The van der Waals surface area contributed by atoms with Crippen molar-refractivity contribution in [1.29, 1.82) is 0 Å². The van der Waals surface area contributed by atoms with Crippen molar-refractivity contribution in [3.63, 3.8) is 0 Å². The smallest absolute Gasteiger partial charge is 0.121 e. The van der Waals surface area contributed by atoms with Crippen LogP contribution in [0.15, 0.2) is 18.2 Å². The number of hydrogen-bond donors (Lipinski definition) is 1. The summed E-state index contributed by atoms with van der Waals surface area (Å²) in [6.07, 6.45) is 0.179. The third kappa shape index (κ3) is 3.22. The summed E-state index contributed by atoms with van der Waals surface area (Å²) in [4.78, 5) is 2.39. The number of aryl methyl sites for hydroxylation is 1. The maximum Gasteiger partial charge on any atom is 0.121 e. The van der Waals surface area contributed by atoms with Crippen LogP contribution in [0.5, 0.6) is 5.75 Å². The maximum absolute atomic E-state index is 5.65. The Kier molecular flexibility index (Phi) is 4.58. The van der Waals surface area contributed by atoms with Crippen LogP contribution in [0.2, 0.25) is 0 Å². The molecule has 1 aromatic carbocycles. The Bertz CT molecular complexity index is 395. The first-order valence-corrected chi connectivity index (χ1v) is 6.40. The topological polar surface area (TPSA) is 47.7 Å². The standard InChI is InChI=1S/C14H22N2O2/c1-11-7-12(3-4-14(11)17-2)9-16-5-6-18-13(8-15)10-16/h3-4,7,13H,5-6,8-10,15H2,1-2H3. The molecule has 0 saturated carbocycles. The van der Waals surface area contributed by atoms with E-state index in [1.165, 1.54) is 11.1 Å². The van der Waals surface area contributed by atoms with E-state index in [1.807, 2.05) is 6.07 Å². The number of benzene rings is 1. The molecule has 0 aliphatic carbocycles. The van der Waals surface area contributed by atoms with Gasteiger partial charge < -0.3 is 15.2 Å². The zero-order chi connectivity index (χ0) is 13.0. The molecule has 0 radical (unpaired) electrons. The van der Waals surface area contributed by atoms with Gasteiger partial charge in [0.15, 0.2) is 0 Å². The Hall–Kier alpha value is -1.10. The molecule has 1 unspecified atom stereocenters. The van der Waals surface area contributed by atoms with Gasteiger partial charge in [-0.2, -0.15) is 0 Å². The fraction of sp³-hybridized carbons (Fsp3) is 0.571. The lowest BCUT2D eigenvalue weighted by Crippen LogP contribution is -2.45. The van der Waals surface area contributed by atoms with Gasteiger partial charge in [0.05, 0.1) is 19.8 Å². The van der Waals surface area contributed by atoms with E-state index in [0.29, 0.717) is 6.54 Å². The van der Waals surface area contributed by atoms with Crippen molar-refractivity contribution in [3.8, 4) is 5.75 Å². The molecule has 0 spiro atoms. The fourth-order valence-corrected chi connectivity index (χ4v) is 2.36. The van der Waals surface area contributed by atoms with Crippen LogP contribution in [0.25, 0.3) is 0 Å². The monoisotopic (exact) mass is 250 g/mol. The lowest BCUT2D eigenvalue weighted by molar-refractivity contribution is -0.0260. The van der Waals surface area contributed by atoms with E-state index < -0.39 is 0 Å². The van der Waals surface area contributed by atoms with Crippen LogP contribution in [0.3, 0.4) is 0 Å². The van der Waals surface area contributed by atoms with Crippen LogP contribution < -0.4 is 10.5 Å². The highest BCUT2D eigenvalue weighted by Crippen LogP contribution is 2.20. The minimum Gasteiger partial charge on any atom is -0.496 e. The van der Waals surface area contributed by atoms with Crippen molar-refractivity contribution >= 4 is 0 Å². The van der Waals surface area contributed by atoms with Gasteiger partial charge in [0.25, 0.3) is 0 Å². The fourth-order valence-electron chi connectivity index (χ4n) is 2.36. The summed E-state index contributed by atoms with van der Waals surface area (Å²) in [5, 5.41) is 0. The van der Waals surface area contributed by atoms with Gasteiger partial charge in [0, 0.05) is 26.2 Å². The van der Waals surface area contributed by atoms with E-state index >= 15 is 0 Å². The molecule has 1 saturated heterocycles. The van der Waals surface area contributed by atoms with Crippen LogP contribution in [0, 0.1) is 6.92 Å². The summed E-state index contributed by atoms with van der Waals surface area (Å²) in [5.74, 6) is 0.945. The van der Waals surface area contributed by atoms with E-state index in [9.17, 15) is 0 Å². The normalized spacial score (nSPS) is 20.9. The molecule has 1 aliphatic heterocycles. The predicted molar refractivity (Wildman–Crippen MR) is 71.8 cm³/mol. The van der Waals surface area contributed by atoms with Crippen LogP contribution in [-0.2, 0) is 11.3 Å². The minimum atomic E-state index is 0.179. The molecule has 18 heavy (non-hydrogen) atoms. The van der Waals surface area contributed by atoms with Crippen molar-refractivity contribution in [3.05, 3.63) is 29.3 Å². The van der Waals surface area contributed by atoms with Gasteiger partial charge in [-0.3, -0.25) is 4.90 Å². The molecular formula is C14H22N2O2. The van der Waals surface area contributed by atoms with Gasteiger partial charge in [0.1, 0.15) is 5.75 Å². The molecule has 4 nitrogen and oxygen atoms in total. The first-order chi connectivity index (χ1) is 8.72. The number of morpholine rings is 1. The molecule has 0 bridgehead atoms. The third-order valence-corrected chi connectivity index (χ3v) is 3.35. The summed E-state index contributed by atoms with van der Waals surface area (Å²) in [7, 11) is 1.70. The lowest BCUT2D eigenvalue weighted by atomic mass is 10.1. The Balaban J connectivity index is 1.98. The van der Waals surface area contributed by atoms with Gasteiger partial charge in [-0.25, -0.2) is 0 Å². The largest absolute Gasteiger partial charge is 0.496 e. The van der Waals surface area contributed by atoms with Crippen molar-refractivity contribution in [2.75, 3.05) is 33.4 Å². The molecule has 1 heterocycles. The summed E-state index contributed by atoms with van der Waals surface area (Å²) in [6.45, 7) is 6.29. The second-order valence-electron chi connectivity index (χ2n) is 4.77. The minimum absolute atomic E-state index is 0.179. The van der Waals surface area contributed by atoms with E-state index in [1.54, 1.807) is 7.11 Å². The van der Waals surface area contributed by atoms with Crippen LogP contribution >= 0.6 is 0 Å². The average molecular weight is 250 g/mol. The SMILES string of the molecule is COc1ccc(CN2CCOC(CN)C2)cc1C. The molecule has 1 fully saturated rings. The van der Waals surface area contributed by atoms with Crippen molar-refractivity contribution in [1.82, 2.24) is 4.90 Å². The molecule has 0 amide bonds. The van der Waals surface area contributed by atoms with Crippen LogP contribution in [0.1, 0.15) is 11.1 Å². The summed E-state index contributed by atoms with van der Waals surface area (Å²) in [6, 6.07) is 6.34. The van der Waals surface area contributed by atoms with E-state index in [-0.39, 0.29) is 6.10 Å². The van der Waals surface area contributed by atoms with Gasteiger partial charge in [-0.1, -0.05) is 12.1 Å². The molecule has 1 atom stereocenters. The molecule has 2 rings (SSSR count). The highest BCUT2D eigenvalue weighted by Gasteiger charge is 2.19. The average Bonchev–Trinajstić information content (AvgIpc) is 2.39. The quantitative estimate of drug-likeness (QED) is 0.871. The van der Waals surface area contributed by atoms with Crippen molar-refractivity contribution < 1.29 is 9.47 Å². The number of methoxy groups -OCH3 is 1. The molecule has 4 heteroatoms. The number of ether oxygens (including phenoxy) is 2. The number of rotatable bonds is 4. The maximum atomic E-state index is 5.65. The molecule has 100 valence electrons. The zero-order valence-electron chi connectivity index (χ0n) is 11.2. The molecule has 1 aromatic rings. The van der Waals surface area contributed by atoms with Crippen LogP contribution in [-0.4, -0.2) is 44.4 Å². The number of hydrogen-bond acceptors (Lipinski definition) is 4. The Morgan fingerprint density at radius 3 is 3.00 bits per heavy atom. The van der Waals surface area contributed by atoms with Crippen molar-refractivity contribution in [2.45, 2.75) is 19.6 Å². The summed E-state index contributed by atoms with van der Waals surface area (Å²) in [5.41, 5.74) is 8.14. The first kappa shape index (κ1) is 13.3. The van der Waals surface area contributed by atoms with Gasteiger partial charge >= 0.3 is 0 Å². The third-order valence-electron chi connectivity index (χ3n) is 3.35. The predicted octanol–water partition coefficient (Wildman–Crippen LogP) is 1.16. The molecular weight excluding hydrogens is 228 g/mol. The Morgan fingerprint density at radius 2 is 2.33 bits per heavy atom. The molecule has 2 N–H and O–H groups in total. The van der Waals surface area contributed by atoms with E-state index in [2.05, 4.69) is 24.0 Å². The number of nitrogens with zero attached hydrogens (tertiary/aromatic N) is 1. The van der Waals surface area contributed by atoms with Gasteiger partial charge in [-0.05, 0) is 24.1 Å². The van der Waals surface area contributed by atoms with E-state index in [4.69, 9.17) is 15.2 Å². The van der Waals surface area contributed by atoms with Gasteiger partial charge in [0.2, 0.25) is 0 Å². The first-order valence-electron chi connectivity index (χ1n) is 6.40. The van der Waals surface area contributed by atoms with E-state index in [0.717, 1.165) is 32.0 Å². The lowest BCUT2D eigenvalue weighted by Gasteiger charge is -2.32. The molecule has 0 aromatic heterocycles. The molecule has 1 aliphatic rings. The second kappa shape index (κ2) is 6.18. The highest BCUT2D eigenvalue weighted by molar-refractivity contribution is 5.36. The van der Waals surface area contributed by atoms with Crippen molar-refractivity contribution in [2.24, 2.45) is 5.73 Å². The Labute approximate surface area is 109 Å². The summed E-state index contributed by atoms with van der Waals surface area (Å²) >= 11 is 0. The zero-order valence-corrected chi connectivity index (χ0v) is 11.2.